The van der Waals surface area contributed by atoms with Crippen LogP contribution < -0.4 is 5.73 Å². The van der Waals surface area contributed by atoms with Crippen LogP contribution in [0.2, 0.25) is 0 Å². The highest BCUT2D eigenvalue weighted by molar-refractivity contribution is 9.10. The lowest BCUT2D eigenvalue weighted by Gasteiger charge is -2.09. The van der Waals surface area contributed by atoms with Gasteiger partial charge in [-0.1, -0.05) is 22.0 Å². The molecule has 3 nitrogen and oxygen atoms in total. The minimum absolute atomic E-state index is 0.174. The molecule has 1 aliphatic carbocycles. The minimum Gasteiger partial charge on any atom is -0.328 e. The summed E-state index contributed by atoms with van der Waals surface area (Å²) >= 11 is 3.62. The van der Waals surface area contributed by atoms with E-state index in [9.17, 15) is 0 Å². The van der Waals surface area contributed by atoms with Crippen molar-refractivity contribution in [2.24, 2.45) is 5.73 Å². The first kappa shape index (κ1) is 12.9. The summed E-state index contributed by atoms with van der Waals surface area (Å²) in [6.07, 6.45) is 5.50. The third-order valence-corrected chi connectivity index (χ3v) is 4.19. The number of rotatable bonds is 4. The van der Waals surface area contributed by atoms with Gasteiger partial charge >= 0.3 is 0 Å². The van der Waals surface area contributed by atoms with Crippen LogP contribution in [-0.4, -0.2) is 15.8 Å². The fraction of sp³-hybridized carbons (Fsp3) is 0.400. The quantitative estimate of drug-likeness (QED) is 0.938. The molecule has 1 aliphatic rings. The van der Waals surface area contributed by atoms with Crippen molar-refractivity contribution in [1.29, 1.82) is 0 Å². The largest absolute Gasteiger partial charge is 0.328 e. The number of hydrogen-bond donors (Lipinski definition) is 1. The van der Waals surface area contributed by atoms with Gasteiger partial charge in [0, 0.05) is 22.6 Å². The number of benzene rings is 1. The van der Waals surface area contributed by atoms with Gasteiger partial charge in [-0.2, -0.15) is 5.10 Å². The summed E-state index contributed by atoms with van der Waals surface area (Å²) in [4.78, 5) is 0. The smallest absolute Gasteiger partial charge is 0.0659 e. The third kappa shape index (κ3) is 2.90. The van der Waals surface area contributed by atoms with Crippen molar-refractivity contribution in [3.05, 3.63) is 46.2 Å². The molecule has 1 atom stereocenters. The molecule has 0 bridgehead atoms. The van der Waals surface area contributed by atoms with Crippen molar-refractivity contribution in [1.82, 2.24) is 9.78 Å². The summed E-state index contributed by atoms with van der Waals surface area (Å²) in [6.45, 7) is 2.02. The van der Waals surface area contributed by atoms with Crippen molar-refractivity contribution in [2.45, 2.75) is 38.1 Å². The van der Waals surface area contributed by atoms with Gasteiger partial charge in [-0.25, -0.2) is 4.68 Å². The Bertz CT molecular complexity index is 585. The lowest BCUT2D eigenvalue weighted by Crippen LogP contribution is -2.18. The van der Waals surface area contributed by atoms with Crippen LogP contribution in [0.1, 0.15) is 36.9 Å². The Labute approximate surface area is 121 Å². The monoisotopic (exact) mass is 319 g/mol. The molecule has 1 fully saturated rings. The van der Waals surface area contributed by atoms with Gasteiger partial charge in [-0.05, 0) is 49.9 Å². The first-order valence-electron chi connectivity index (χ1n) is 6.73. The molecule has 0 radical (unpaired) electrons. The molecule has 1 heterocycles. The Morgan fingerprint density at radius 3 is 2.84 bits per heavy atom. The van der Waals surface area contributed by atoms with E-state index in [4.69, 9.17) is 5.73 Å². The van der Waals surface area contributed by atoms with E-state index < -0.39 is 0 Å². The Hall–Kier alpha value is -1.13. The van der Waals surface area contributed by atoms with Gasteiger partial charge in [0.1, 0.15) is 0 Å². The predicted molar refractivity (Wildman–Crippen MR) is 80.6 cm³/mol. The fourth-order valence-electron chi connectivity index (χ4n) is 2.27. The van der Waals surface area contributed by atoms with Crippen LogP contribution in [0.3, 0.4) is 0 Å². The lowest BCUT2D eigenvalue weighted by atomic mass is 10.1. The Kier molecular flexibility index (Phi) is 3.46. The topological polar surface area (TPSA) is 43.8 Å². The summed E-state index contributed by atoms with van der Waals surface area (Å²) in [7, 11) is 0. The van der Waals surface area contributed by atoms with E-state index >= 15 is 0 Å². The molecular weight excluding hydrogens is 302 g/mol. The number of nitrogens with zero attached hydrogens (tertiary/aromatic N) is 2. The molecule has 0 aliphatic heterocycles. The molecule has 3 rings (SSSR count). The van der Waals surface area contributed by atoms with E-state index in [2.05, 4.69) is 45.3 Å². The fourth-order valence-corrected chi connectivity index (χ4v) is 2.80. The van der Waals surface area contributed by atoms with E-state index in [1.165, 1.54) is 24.1 Å². The maximum absolute atomic E-state index is 5.85. The van der Waals surface area contributed by atoms with E-state index in [-0.39, 0.29) is 6.04 Å². The van der Waals surface area contributed by atoms with Crippen LogP contribution in [0, 0.1) is 0 Å². The number of halogens is 1. The average molecular weight is 320 g/mol. The van der Waals surface area contributed by atoms with Crippen molar-refractivity contribution in [3.8, 4) is 5.69 Å². The van der Waals surface area contributed by atoms with Crippen LogP contribution in [0.5, 0.6) is 0 Å². The van der Waals surface area contributed by atoms with Crippen molar-refractivity contribution < 1.29 is 0 Å². The van der Waals surface area contributed by atoms with Gasteiger partial charge in [0.05, 0.1) is 11.4 Å². The number of nitrogens with two attached hydrogens (primary N) is 1. The maximum atomic E-state index is 5.85. The lowest BCUT2D eigenvalue weighted by molar-refractivity contribution is 0.735. The highest BCUT2D eigenvalue weighted by atomic mass is 79.9. The molecule has 4 heteroatoms. The second kappa shape index (κ2) is 5.10. The summed E-state index contributed by atoms with van der Waals surface area (Å²) in [5.74, 6) is 0.696. The van der Waals surface area contributed by atoms with Crippen LogP contribution in [-0.2, 0) is 6.42 Å². The molecule has 1 aromatic heterocycles. The van der Waals surface area contributed by atoms with Crippen molar-refractivity contribution in [2.75, 3.05) is 0 Å². The van der Waals surface area contributed by atoms with Gasteiger partial charge in [0.2, 0.25) is 0 Å². The zero-order chi connectivity index (χ0) is 13.4. The molecule has 2 aromatic rings. The number of hydrogen-bond acceptors (Lipinski definition) is 2. The van der Waals surface area contributed by atoms with Crippen LogP contribution in [0.15, 0.2) is 34.9 Å². The van der Waals surface area contributed by atoms with Crippen molar-refractivity contribution >= 4 is 15.9 Å². The van der Waals surface area contributed by atoms with Gasteiger partial charge in [-0.3, -0.25) is 0 Å². The van der Waals surface area contributed by atoms with Gasteiger partial charge in [-0.15, -0.1) is 0 Å². The summed E-state index contributed by atoms with van der Waals surface area (Å²) in [6, 6.07) is 8.64. The van der Waals surface area contributed by atoms with Crippen LogP contribution in [0.4, 0.5) is 0 Å². The second-order valence-corrected chi connectivity index (χ2v) is 6.27. The Balaban J connectivity index is 1.85. The SMILES string of the molecule is CC(N)Cc1ccc(-n2ccc(C3CC3)n2)cc1Br. The Morgan fingerprint density at radius 2 is 2.21 bits per heavy atom. The van der Waals surface area contributed by atoms with Crippen LogP contribution >= 0.6 is 15.9 Å². The average Bonchev–Trinajstić information content (AvgIpc) is 3.10. The van der Waals surface area contributed by atoms with E-state index in [1.54, 1.807) is 0 Å². The zero-order valence-electron chi connectivity index (χ0n) is 11.0. The Morgan fingerprint density at radius 1 is 1.42 bits per heavy atom. The predicted octanol–water partition coefficient (Wildman–Crippen LogP) is 3.40. The maximum Gasteiger partial charge on any atom is 0.0659 e. The molecule has 0 amide bonds. The van der Waals surface area contributed by atoms with E-state index in [1.807, 2.05) is 17.8 Å². The summed E-state index contributed by atoms with van der Waals surface area (Å²) in [5.41, 5.74) is 9.40. The van der Waals surface area contributed by atoms with Crippen molar-refractivity contribution in [3.63, 3.8) is 0 Å². The van der Waals surface area contributed by atoms with Gasteiger partial charge < -0.3 is 5.73 Å². The van der Waals surface area contributed by atoms with Crippen LogP contribution in [0.25, 0.3) is 5.69 Å². The molecule has 100 valence electrons. The third-order valence-electron chi connectivity index (χ3n) is 3.45. The highest BCUT2D eigenvalue weighted by Gasteiger charge is 2.25. The molecular formula is C15H18BrN3. The van der Waals surface area contributed by atoms with E-state index in [0.717, 1.165) is 16.6 Å². The number of aromatic nitrogens is 2. The molecule has 0 saturated heterocycles. The highest BCUT2D eigenvalue weighted by Crippen LogP contribution is 2.39. The molecule has 2 N–H and O–H groups in total. The normalized spacial score (nSPS) is 16.6. The minimum atomic E-state index is 0.174. The summed E-state index contributed by atoms with van der Waals surface area (Å²) < 4.78 is 3.06. The molecule has 19 heavy (non-hydrogen) atoms. The van der Waals surface area contributed by atoms with Gasteiger partial charge in [0.25, 0.3) is 0 Å². The van der Waals surface area contributed by atoms with Gasteiger partial charge in [0.15, 0.2) is 0 Å². The zero-order valence-corrected chi connectivity index (χ0v) is 12.6. The molecule has 1 aromatic carbocycles. The van der Waals surface area contributed by atoms with E-state index in [0.29, 0.717) is 5.92 Å². The first-order valence-corrected chi connectivity index (χ1v) is 7.53. The first-order chi connectivity index (χ1) is 9.13. The molecule has 0 spiro atoms. The summed E-state index contributed by atoms with van der Waals surface area (Å²) in [5, 5.41) is 4.65. The second-order valence-electron chi connectivity index (χ2n) is 5.42. The standard InChI is InChI=1S/C15H18BrN3/c1-10(17)8-12-4-5-13(9-14(12)16)19-7-6-15(18-19)11-2-3-11/h4-7,9-11H,2-3,8,17H2,1H3. The molecule has 1 saturated carbocycles. The molecule has 1 unspecified atom stereocenters.